The van der Waals surface area contributed by atoms with Crippen LogP contribution in [0.25, 0.3) is 11.0 Å². The standard InChI is InChI=1S/C22H20FN5O3/c1-3-28-17-9-8-13(12-16(17)25-21(30)22(28)31)20(29)26-18(19-24-10-11-27(19)2)14-6-4-5-7-15(14)23/h4-12,18H,3H2,1-2H3,(H,25,30)(H,26,29). The van der Waals surface area contributed by atoms with Gasteiger partial charge in [0.05, 0.1) is 11.0 Å². The van der Waals surface area contributed by atoms with Gasteiger partial charge in [-0.3, -0.25) is 14.4 Å². The summed E-state index contributed by atoms with van der Waals surface area (Å²) in [6.45, 7) is 2.08. The number of fused-ring (bicyclic) bond motifs is 1. The number of halogens is 1. The highest BCUT2D eigenvalue weighted by Crippen LogP contribution is 2.24. The molecule has 0 fully saturated rings. The topological polar surface area (TPSA) is 102 Å². The number of aromatic nitrogens is 4. The van der Waals surface area contributed by atoms with Crippen LogP contribution in [0, 0.1) is 5.82 Å². The molecule has 0 aliphatic carbocycles. The van der Waals surface area contributed by atoms with Crippen molar-refractivity contribution in [1.82, 2.24) is 24.4 Å². The molecular weight excluding hydrogens is 401 g/mol. The second-order valence-corrected chi connectivity index (χ2v) is 7.06. The Morgan fingerprint density at radius 1 is 1.23 bits per heavy atom. The molecule has 0 spiro atoms. The summed E-state index contributed by atoms with van der Waals surface area (Å²) in [5.41, 5.74) is -0.0122. The minimum atomic E-state index is -0.826. The number of carbonyl (C=O) groups is 1. The molecule has 0 saturated carbocycles. The molecule has 2 aromatic carbocycles. The van der Waals surface area contributed by atoms with Crippen LogP contribution >= 0.6 is 0 Å². The highest BCUT2D eigenvalue weighted by atomic mass is 19.1. The summed E-state index contributed by atoms with van der Waals surface area (Å²) in [4.78, 5) is 43.8. The summed E-state index contributed by atoms with van der Waals surface area (Å²) in [7, 11) is 1.76. The number of benzene rings is 2. The first-order valence-corrected chi connectivity index (χ1v) is 9.70. The molecule has 158 valence electrons. The molecule has 31 heavy (non-hydrogen) atoms. The third-order valence-electron chi connectivity index (χ3n) is 5.16. The van der Waals surface area contributed by atoms with E-state index in [4.69, 9.17) is 0 Å². The van der Waals surface area contributed by atoms with Crippen molar-refractivity contribution in [3.8, 4) is 0 Å². The number of carbonyl (C=O) groups excluding carboxylic acids is 1. The van der Waals surface area contributed by atoms with Crippen LogP contribution in [-0.4, -0.2) is 25.0 Å². The Hall–Kier alpha value is -4.01. The van der Waals surface area contributed by atoms with E-state index in [1.807, 2.05) is 0 Å². The number of nitrogens with zero attached hydrogens (tertiary/aromatic N) is 3. The summed E-state index contributed by atoms with van der Waals surface area (Å²) in [5.74, 6) is -0.480. The van der Waals surface area contributed by atoms with E-state index in [-0.39, 0.29) is 11.1 Å². The Bertz CT molecular complexity index is 1400. The van der Waals surface area contributed by atoms with Gasteiger partial charge in [-0.15, -0.1) is 0 Å². The third-order valence-corrected chi connectivity index (χ3v) is 5.16. The molecular formula is C22H20FN5O3. The number of imidazole rings is 1. The molecule has 2 aromatic heterocycles. The Labute approximate surface area is 176 Å². The highest BCUT2D eigenvalue weighted by Gasteiger charge is 2.24. The van der Waals surface area contributed by atoms with Crippen LogP contribution in [0.4, 0.5) is 4.39 Å². The fourth-order valence-corrected chi connectivity index (χ4v) is 3.59. The Kier molecular flexibility index (Phi) is 5.24. The fourth-order valence-electron chi connectivity index (χ4n) is 3.59. The number of rotatable bonds is 5. The molecule has 0 radical (unpaired) electrons. The van der Waals surface area contributed by atoms with E-state index < -0.39 is 28.9 Å². The largest absolute Gasteiger partial charge is 0.338 e. The molecule has 1 amide bonds. The van der Waals surface area contributed by atoms with Crippen molar-refractivity contribution in [3.63, 3.8) is 0 Å². The van der Waals surface area contributed by atoms with Gasteiger partial charge < -0.3 is 19.4 Å². The Morgan fingerprint density at radius 2 is 2.00 bits per heavy atom. The van der Waals surface area contributed by atoms with Crippen LogP contribution in [0.1, 0.15) is 34.7 Å². The number of aryl methyl sites for hydroxylation is 2. The number of H-pyrrole nitrogens is 1. The van der Waals surface area contributed by atoms with Crippen molar-refractivity contribution < 1.29 is 9.18 Å². The maximum absolute atomic E-state index is 14.5. The van der Waals surface area contributed by atoms with Crippen LogP contribution in [0.2, 0.25) is 0 Å². The van der Waals surface area contributed by atoms with E-state index in [1.165, 1.54) is 16.7 Å². The predicted molar refractivity (Wildman–Crippen MR) is 113 cm³/mol. The number of amides is 1. The van der Waals surface area contributed by atoms with Gasteiger partial charge in [0.25, 0.3) is 5.91 Å². The lowest BCUT2D eigenvalue weighted by Crippen LogP contribution is -2.36. The predicted octanol–water partition coefficient (Wildman–Crippen LogP) is 2.10. The summed E-state index contributed by atoms with van der Waals surface area (Å²) in [6.07, 6.45) is 3.28. The normalized spacial score (nSPS) is 12.1. The zero-order valence-electron chi connectivity index (χ0n) is 16.9. The van der Waals surface area contributed by atoms with Gasteiger partial charge in [-0.05, 0) is 31.2 Å². The van der Waals surface area contributed by atoms with E-state index in [9.17, 15) is 18.8 Å². The van der Waals surface area contributed by atoms with Crippen LogP contribution in [0.15, 0.2) is 64.4 Å². The fraction of sp³-hybridized carbons (Fsp3) is 0.182. The molecule has 8 nitrogen and oxygen atoms in total. The van der Waals surface area contributed by atoms with Crippen LogP contribution in [0.3, 0.4) is 0 Å². The lowest BCUT2D eigenvalue weighted by Gasteiger charge is -2.20. The number of hydrogen-bond donors (Lipinski definition) is 2. The summed E-state index contributed by atoms with van der Waals surface area (Å²) >= 11 is 0. The minimum Gasteiger partial charge on any atom is -0.338 e. The lowest BCUT2D eigenvalue weighted by atomic mass is 10.0. The van der Waals surface area contributed by atoms with Gasteiger partial charge in [-0.2, -0.15) is 0 Å². The molecule has 2 N–H and O–H groups in total. The molecule has 0 aliphatic rings. The van der Waals surface area contributed by atoms with Crippen molar-refractivity contribution in [1.29, 1.82) is 0 Å². The molecule has 1 unspecified atom stereocenters. The number of hydrogen-bond acceptors (Lipinski definition) is 4. The molecule has 0 saturated heterocycles. The molecule has 4 rings (SSSR count). The van der Waals surface area contributed by atoms with E-state index in [0.717, 1.165) is 0 Å². The van der Waals surface area contributed by atoms with Crippen LogP contribution < -0.4 is 16.4 Å². The van der Waals surface area contributed by atoms with E-state index >= 15 is 0 Å². The lowest BCUT2D eigenvalue weighted by molar-refractivity contribution is 0.0940. The molecule has 1 atom stereocenters. The van der Waals surface area contributed by atoms with E-state index in [0.29, 0.717) is 23.4 Å². The SMILES string of the molecule is CCn1c(=O)c(=O)[nH]c2cc(C(=O)NC(c3ccccc3F)c3nccn3C)ccc21. The van der Waals surface area contributed by atoms with Crippen molar-refractivity contribution in [2.45, 2.75) is 19.5 Å². The first-order valence-electron chi connectivity index (χ1n) is 9.70. The average Bonchev–Trinajstić information content (AvgIpc) is 3.18. The Morgan fingerprint density at radius 3 is 2.68 bits per heavy atom. The second kappa shape index (κ2) is 8.02. The summed E-state index contributed by atoms with van der Waals surface area (Å²) in [5, 5.41) is 2.83. The van der Waals surface area contributed by atoms with E-state index in [1.54, 1.807) is 61.3 Å². The monoisotopic (exact) mass is 421 g/mol. The minimum absolute atomic E-state index is 0.250. The molecule has 0 bridgehead atoms. The molecule has 9 heteroatoms. The first kappa shape index (κ1) is 20.3. The van der Waals surface area contributed by atoms with Gasteiger partial charge >= 0.3 is 11.1 Å². The molecule has 2 heterocycles. The smallest absolute Gasteiger partial charge is 0.316 e. The van der Waals surface area contributed by atoms with Crippen LogP contribution in [0.5, 0.6) is 0 Å². The average molecular weight is 421 g/mol. The van der Waals surface area contributed by atoms with E-state index in [2.05, 4.69) is 15.3 Å². The quantitative estimate of drug-likeness (QED) is 0.482. The van der Waals surface area contributed by atoms with Crippen molar-refractivity contribution in [2.75, 3.05) is 0 Å². The van der Waals surface area contributed by atoms with Crippen molar-refractivity contribution >= 4 is 16.9 Å². The zero-order valence-corrected chi connectivity index (χ0v) is 16.9. The van der Waals surface area contributed by atoms with Gasteiger partial charge in [0.15, 0.2) is 0 Å². The first-order chi connectivity index (χ1) is 14.9. The van der Waals surface area contributed by atoms with Crippen LogP contribution in [-0.2, 0) is 13.6 Å². The maximum atomic E-state index is 14.5. The van der Waals surface area contributed by atoms with Gasteiger partial charge in [-0.1, -0.05) is 18.2 Å². The summed E-state index contributed by atoms with van der Waals surface area (Å²) in [6, 6.07) is 9.99. The number of nitrogens with one attached hydrogen (secondary N) is 2. The van der Waals surface area contributed by atoms with Crippen molar-refractivity contribution in [3.05, 3.63) is 98.3 Å². The Balaban J connectivity index is 1.76. The molecule has 4 aromatic rings. The third kappa shape index (κ3) is 3.65. The summed E-state index contributed by atoms with van der Waals surface area (Å²) < 4.78 is 17.6. The maximum Gasteiger partial charge on any atom is 0.316 e. The number of aromatic amines is 1. The van der Waals surface area contributed by atoms with Gasteiger partial charge in [-0.25, -0.2) is 9.37 Å². The highest BCUT2D eigenvalue weighted by molar-refractivity contribution is 5.97. The van der Waals surface area contributed by atoms with Gasteiger partial charge in [0, 0.05) is 37.1 Å². The molecule has 0 aliphatic heterocycles. The second-order valence-electron chi connectivity index (χ2n) is 7.06. The zero-order chi connectivity index (χ0) is 22.1. The van der Waals surface area contributed by atoms with Gasteiger partial charge in [0.2, 0.25) is 0 Å². The van der Waals surface area contributed by atoms with Crippen molar-refractivity contribution in [2.24, 2.45) is 7.05 Å². The van der Waals surface area contributed by atoms with Gasteiger partial charge in [0.1, 0.15) is 17.7 Å².